The maximum atomic E-state index is 14.0. The molecule has 0 spiro atoms. The van der Waals surface area contributed by atoms with Crippen LogP contribution in [0.15, 0.2) is 103 Å². The molecule has 2 aliphatic rings. The van der Waals surface area contributed by atoms with Gasteiger partial charge in [0, 0.05) is 55.3 Å². The molecular formula is C49H55F3N4O6. The average Bonchev–Trinajstić information content (AvgIpc) is 3.71. The highest BCUT2D eigenvalue weighted by molar-refractivity contribution is 5.95. The zero-order valence-electron chi connectivity index (χ0n) is 35.1. The summed E-state index contributed by atoms with van der Waals surface area (Å²) in [6.45, 7) is 4.81. The van der Waals surface area contributed by atoms with Crippen molar-refractivity contribution in [3.8, 4) is 11.1 Å². The van der Waals surface area contributed by atoms with Crippen LogP contribution in [-0.2, 0) is 33.8 Å². The number of rotatable bonds is 14. The maximum absolute atomic E-state index is 14.0. The number of methoxy groups -OCH3 is 1. The second kappa shape index (κ2) is 21.7. The van der Waals surface area contributed by atoms with Gasteiger partial charge in [0.2, 0.25) is 5.91 Å². The molecule has 2 amide bonds. The molecule has 13 heteroatoms. The van der Waals surface area contributed by atoms with E-state index in [2.05, 4.69) is 40.6 Å². The monoisotopic (exact) mass is 852 g/mol. The van der Waals surface area contributed by atoms with Crippen LogP contribution in [0.4, 0.5) is 13.2 Å². The van der Waals surface area contributed by atoms with Gasteiger partial charge in [0.15, 0.2) is 0 Å². The number of hydrogen-bond donors (Lipinski definition) is 3. The Kier molecular flexibility index (Phi) is 16.0. The second-order valence-electron chi connectivity index (χ2n) is 16.2. The van der Waals surface area contributed by atoms with Gasteiger partial charge >= 0.3 is 18.1 Å². The van der Waals surface area contributed by atoms with Crippen molar-refractivity contribution < 1.29 is 42.2 Å². The lowest BCUT2D eigenvalue weighted by Gasteiger charge is -2.32. The number of aromatic nitrogens is 1. The molecular weight excluding hydrogens is 798 g/mol. The summed E-state index contributed by atoms with van der Waals surface area (Å²) in [4.78, 5) is 55.9. The summed E-state index contributed by atoms with van der Waals surface area (Å²) in [7, 11) is 1.37. The summed E-state index contributed by atoms with van der Waals surface area (Å²) in [6, 6.07) is 31.6. The zero-order valence-corrected chi connectivity index (χ0v) is 35.1. The molecule has 3 heterocycles. The van der Waals surface area contributed by atoms with E-state index >= 15 is 0 Å². The van der Waals surface area contributed by atoms with E-state index in [0.29, 0.717) is 31.5 Å². The van der Waals surface area contributed by atoms with Crippen LogP contribution in [0.3, 0.4) is 0 Å². The van der Waals surface area contributed by atoms with Crippen LogP contribution in [0.1, 0.15) is 88.8 Å². The fraction of sp³-hybridized carbons (Fsp3) is 0.388. The molecule has 0 atom stereocenters. The van der Waals surface area contributed by atoms with E-state index in [1.54, 1.807) is 12.1 Å². The van der Waals surface area contributed by atoms with Gasteiger partial charge in [-0.3, -0.25) is 9.59 Å². The third kappa shape index (κ3) is 12.8. The number of piperidine rings is 2. The molecule has 10 nitrogen and oxygen atoms in total. The fourth-order valence-corrected chi connectivity index (χ4v) is 8.43. The quantitative estimate of drug-likeness (QED) is 0.0949. The summed E-state index contributed by atoms with van der Waals surface area (Å²) in [6.07, 6.45) is 6.65. The van der Waals surface area contributed by atoms with Crippen LogP contribution in [0.5, 0.6) is 0 Å². The number of aryl methyl sites for hydroxylation is 1. The van der Waals surface area contributed by atoms with Crippen molar-refractivity contribution in [2.24, 2.45) is 11.8 Å². The highest BCUT2D eigenvalue weighted by Gasteiger charge is 2.38. The number of hydrogen-bond acceptors (Lipinski definition) is 6. The SMILES string of the molecule is COC(=O)c1ccc(CN(Cc2cccc(-c3cccc(C(=O)N4CCC(CCCC5CCNCC5)CC4)c3)c2)C(=O)CCc2c[nH]c3ccccc23)cc1.O=C(O)C(F)(F)F. The van der Waals surface area contributed by atoms with Gasteiger partial charge in [-0.1, -0.05) is 79.9 Å². The second-order valence-corrected chi connectivity index (χ2v) is 16.2. The van der Waals surface area contributed by atoms with Gasteiger partial charge in [0.25, 0.3) is 5.91 Å². The van der Waals surface area contributed by atoms with Crippen LogP contribution < -0.4 is 5.32 Å². The number of nitrogens with one attached hydrogen (secondary N) is 2. The number of carboxylic acids is 1. The normalized spacial score (nSPS) is 14.8. The van der Waals surface area contributed by atoms with Crippen molar-refractivity contribution in [2.45, 2.75) is 77.1 Å². The zero-order chi connectivity index (χ0) is 44.1. The smallest absolute Gasteiger partial charge is 0.475 e. The number of carboxylic acid groups (broad SMARTS) is 1. The van der Waals surface area contributed by atoms with E-state index in [4.69, 9.17) is 14.6 Å². The Labute approximate surface area is 360 Å². The van der Waals surface area contributed by atoms with Gasteiger partial charge < -0.3 is 29.9 Å². The summed E-state index contributed by atoms with van der Waals surface area (Å²) >= 11 is 0. The Morgan fingerprint density at radius 1 is 0.774 bits per heavy atom. The highest BCUT2D eigenvalue weighted by atomic mass is 19.4. The number of alkyl halides is 3. The predicted molar refractivity (Wildman–Crippen MR) is 232 cm³/mol. The minimum absolute atomic E-state index is 0.0471. The summed E-state index contributed by atoms with van der Waals surface area (Å²) < 4.78 is 36.6. The van der Waals surface area contributed by atoms with E-state index in [1.807, 2.05) is 70.6 Å². The predicted octanol–water partition coefficient (Wildman–Crippen LogP) is 9.44. The first-order chi connectivity index (χ1) is 29.9. The van der Waals surface area contributed by atoms with Crippen molar-refractivity contribution in [2.75, 3.05) is 33.3 Å². The van der Waals surface area contributed by atoms with Crippen LogP contribution >= 0.6 is 0 Å². The lowest BCUT2D eigenvalue weighted by Crippen LogP contribution is -2.38. The number of ether oxygens (including phenoxy) is 1. The number of nitrogens with zero attached hydrogens (tertiary/aromatic N) is 2. The molecule has 7 rings (SSSR count). The topological polar surface area (TPSA) is 132 Å². The van der Waals surface area contributed by atoms with Crippen LogP contribution in [0.25, 0.3) is 22.0 Å². The Balaban J connectivity index is 0.000000845. The van der Waals surface area contributed by atoms with Crippen LogP contribution in [-0.4, -0.2) is 83.1 Å². The molecule has 2 saturated heterocycles. The Bertz CT molecular complexity index is 2280. The van der Waals surface area contributed by atoms with E-state index < -0.39 is 12.1 Å². The van der Waals surface area contributed by atoms with Gasteiger partial charge in [0.1, 0.15) is 0 Å². The van der Waals surface area contributed by atoms with Crippen molar-refractivity contribution >= 4 is 34.7 Å². The number of esters is 1. The molecule has 0 radical (unpaired) electrons. The molecule has 1 aromatic heterocycles. The van der Waals surface area contributed by atoms with Crippen molar-refractivity contribution in [3.63, 3.8) is 0 Å². The summed E-state index contributed by atoms with van der Waals surface area (Å²) in [5.74, 6) is -1.38. The minimum Gasteiger partial charge on any atom is -0.475 e. The molecule has 0 saturated carbocycles. The largest absolute Gasteiger partial charge is 0.490 e. The average molecular weight is 853 g/mol. The molecule has 62 heavy (non-hydrogen) atoms. The summed E-state index contributed by atoms with van der Waals surface area (Å²) in [5, 5.41) is 11.7. The number of amides is 2. The number of para-hydroxylation sites is 1. The Morgan fingerprint density at radius 3 is 2.08 bits per heavy atom. The van der Waals surface area contributed by atoms with Crippen LogP contribution in [0.2, 0.25) is 0 Å². The van der Waals surface area contributed by atoms with E-state index in [0.717, 1.165) is 82.1 Å². The first-order valence-corrected chi connectivity index (χ1v) is 21.4. The van der Waals surface area contributed by atoms with Gasteiger partial charge in [-0.05, 0) is 121 Å². The molecule has 2 aliphatic heterocycles. The van der Waals surface area contributed by atoms with E-state index in [1.165, 1.54) is 52.3 Å². The van der Waals surface area contributed by atoms with Crippen molar-refractivity contribution in [3.05, 3.63) is 131 Å². The molecule has 2 fully saturated rings. The molecule has 5 aromatic rings. The lowest BCUT2D eigenvalue weighted by atomic mass is 9.87. The number of aliphatic carboxylic acids is 1. The third-order valence-corrected chi connectivity index (χ3v) is 12.0. The molecule has 3 N–H and O–H groups in total. The molecule has 0 bridgehead atoms. The fourth-order valence-electron chi connectivity index (χ4n) is 8.43. The first-order valence-electron chi connectivity index (χ1n) is 21.4. The number of benzene rings is 4. The number of aromatic amines is 1. The van der Waals surface area contributed by atoms with Gasteiger partial charge in [0.05, 0.1) is 12.7 Å². The van der Waals surface area contributed by atoms with Gasteiger partial charge in [-0.25, -0.2) is 9.59 Å². The summed E-state index contributed by atoms with van der Waals surface area (Å²) in [5.41, 5.74) is 7.30. The number of carbonyl (C=O) groups excluding carboxylic acids is 3. The lowest BCUT2D eigenvalue weighted by molar-refractivity contribution is -0.192. The number of halogens is 3. The first kappa shape index (κ1) is 45.6. The molecule has 0 unspecified atom stereocenters. The standard InChI is InChI=1S/C47H54N4O4.C2HF3O2/c1-55-47(54)38-17-15-36(16-18-38)32-51(45(52)20-19-42-31-49-44-14-3-2-13-43(42)44)33-37-9-5-10-39(29-37)40-11-6-12-41(30-40)46(53)50-27-23-35(24-28-50)8-4-7-34-21-25-48-26-22-34;3-2(4,5)1(6)7/h2-3,5-6,9-18,29-31,34-35,48-49H,4,7-8,19-28,32-33H2,1H3;(H,6,7). The minimum atomic E-state index is -5.08. The molecule has 328 valence electrons. The van der Waals surface area contributed by atoms with Gasteiger partial charge in [-0.15, -0.1) is 0 Å². The Hall–Kier alpha value is -5.95. The number of carbonyl (C=O) groups is 4. The molecule has 0 aliphatic carbocycles. The van der Waals surface area contributed by atoms with Crippen molar-refractivity contribution in [1.29, 1.82) is 0 Å². The number of H-pyrrole nitrogens is 1. The Morgan fingerprint density at radius 2 is 1.40 bits per heavy atom. The molecule has 4 aromatic carbocycles. The number of likely N-dealkylation sites (tertiary alicyclic amines) is 1. The van der Waals surface area contributed by atoms with Crippen LogP contribution in [0, 0.1) is 11.8 Å². The van der Waals surface area contributed by atoms with E-state index in [-0.39, 0.29) is 17.8 Å². The van der Waals surface area contributed by atoms with Crippen molar-refractivity contribution in [1.82, 2.24) is 20.1 Å². The highest BCUT2D eigenvalue weighted by Crippen LogP contribution is 2.29. The maximum Gasteiger partial charge on any atom is 0.490 e. The number of fused-ring (bicyclic) bond motifs is 1. The third-order valence-electron chi connectivity index (χ3n) is 12.0. The van der Waals surface area contributed by atoms with E-state index in [9.17, 15) is 27.6 Å². The van der Waals surface area contributed by atoms with Gasteiger partial charge in [-0.2, -0.15) is 13.2 Å².